The van der Waals surface area contributed by atoms with Crippen molar-refractivity contribution in [1.29, 1.82) is 0 Å². The fraction of sp³-hybridized carbons (Fsp3) is 0.625. The van der Waals surface area contributed by atoms with Crippen LogP contribution in [0.5, 0.6) is 5.75 Å². The van der Waals surface area contributed by atoms with Crippen LogP contribution in [0.4, 0.5) is 0 Å². The van der Waals surface area contributed by atoms with Gasteiger partial charge in [-0.15, -0.1) is 0 Å². The second kappa shape index (κ2) is 4.78. The van der Waals surface area contributed by atoms with Crippen molar-refractivity contribution < 1.29 is 4.74 Å². The number of fused-ring (bicyclic) bond motifs is 1. The second-order valence-electron chi connectivity index (χ2n) is 6.63. The first-order valence-corrected chi connectivity index (χ1v) is 8.01. The van der Waals surface area contributed by atoms with Gasteiger partial charge >= 0.3 is 0 Å². The van der Waals surface area contributed by atoms with E-state index in [-0.39, 0.29) is 11.6 Å². The first kappa shape index (κ1) is 13.4. The van der Waals surface area contributed by atoms with Crippen molar-refractivity contribution in [3.8, 4) is 5.75 Å². The summed E-state index contributed by atoms with van der Waals surface area (Å²) in [5.74, 6) is 2.43. The van der Waals surface area contributed by atoms with Crippen LogP contribution in [0.3, 0.4) is 0 Å². The summed E-state index contributed by atoms with van der Waals surface area (Å²) in [5, 5.41) is 0. The average Bonchev–Trinajstić information content (AvgIpc) is 2.25. The summed E-state index contributed by atoms with van der Waals surface area (Å²) in [4.78, 5) is 0. The smallest absolute Gasteiger partial charge is 0.126 e. The fourth-order valence-electron chi connectivity index (χ4n) is 4.15. The number of halogens is 1. The van der Waals surface area contributed by atoms with Crippen LogP contribution in [0.15, 0.2) is 22.7 Å². The minimum Gasteiger partial charge on any atom is -0.487 e. The second-order valence-corrected chi connectivity index (χ2v) is 7.55. The molecule has 2 N–H and O–H groups in total. The highest BCUT2D eigenvalue weighted by Crippen LogP contribution is 2.48. The van der Waals surface area contributed by atoms with Gasteiger partial charge in [0.15, 0.2) is 0 Å². The summed E-state index contributed by atoms with van der Waals surface area (Å²) in [5.41, 5.74) is 7.51. The minimum absolute atomic E-state index is 0.0374. The number of rotatable bonds is 0. The molecule has 1 aliphatic heterocycles. The van der Waals surface area contributed by atoms with E-state index in [0.29, 0.717) is 0 Å². The van der Waals surface area contributed by atoms with E-state index in [1.807, 2.05) is 6.07 Å². The molecular formula is C16H22BrNO. The zero-order valence-electron chi connectivity index (χ0n) is 11.7. The van der Waals surface area contributed by atoms with Crippen molar-refractivity contribution in [3.63, 3.8) is 0 Å². The Morgan fingerprint density at radius 3 is 2.58 bits per heavy atom. The van der Waals surface area contributed by atoms with Crippen molar-refractivity contribution in [1.82, 2.24) is 0 Å². The molecule has 2 unspecified atom stereocenters. The fourth-order valence-corrected chi connectivity index (χ4v) is 4.49. The highest BCUT2D eigenvalue weighted by atomic mass is 79.9. The molecule has 1 heterocycles. The van der Waals surface area contributed by atoms with E-state index in [9.17, 15) is 0 Å². The van der Waals surface area contributed by atoms with Crippen LogP contribution in [0.2, 0.25) is 0 Å². The number of hydrogen-bond donors (Lipinski definition) is 1. The van der Waals surface area contributed by atoms with Crippen LogP contribution in [0.25, 0.3) is 0 Å². The van der Waals surface area contributed by atoms with Gasteiger partial charge in [-0.25, -0.2) is 0 Å². The molecule has 3 heteroatoms. The lowest BCUT2D eigenvalue weighted by molar-refractivity contribution is -0.0312. The third-order valence-electron chi connectivity index (χ3n) is 4.54. The molecule has 0 bridgehead atoms. The molecule has 1 aromatic rings. The van der Waals surface area contributed by atoms with Gasteiger partial charge in [0, 0.05) is 22.5 Å². The maximum atomic E-state index is 6.44. The van der Waals surface area contributed by atoms with Gasteiger partial charge in [-0.05, 0) is 43.2 Å². The van der Waals surface area contributed by atoms with Crippen LogP contribution >= 0.6 is 15.9 Å². The summed E-state index contributed by atoms with van der Waals surface area (Å²) in [6.07, 6.45) is 4.54. The first-order chi connectivity index (χ1) is 8.97. The summed E-state index contributed by atoms with van der Waals surface area (Å²) in [6, 6.07) is 6.31. The van der Waals surface area contributed by atoms with Crippen molar-refractivity contribution in [2.24, 2.45) is 17.6 Å². The molecule has 0 aromatic heterocycles. The van der Waals surface area contributed by atoms with E-state index in [2.05, 4.69) is 41.9 Å². The Kier molecular flexibility index (Phi) is 3.38. The molecule has 104 valence electrons. The number of benzene rings is 1. The molecule has 1 spiro atoms. The highest BCUT2D eigenvalue weighted by molar-refractivity contribution is 9.10. The Morgan fingerprint density at radius 1 is 1.21 bits per heavy atom. The largest absolute Gasteiger partial charge is 0.487 e. The van der Waals surface area contributed by atoms with Crippen LogP contribution in [0.1, 0.15) is 51.1 Å². The Morgan fingerprint density at radius 2 is 1.89 bits per heavy atom. The molecule has 3 rings (SSSR count). The summed E-state index contributed by atoms with van der Waals surface area (Å²) < 4.78 is 7.50. The molecule has 3 atom stereocenters. The van der Waals surface area contributed by atoms with Gasteiger partial charge in [-0.1, -0.05) is 35.8 Å². The molecule has 1 aliphatic carbocycles. The molecule has 2 nitrogen and oxygen atoms in total. The van der Waals surface area contributed by atoms with Crippen LogP contribution in [0, 0.1) is 11.8 Å². The summed E-state index contributed by atoms with van der Waals surface area (Å²) >= 11 is 3.53. The highest BCUT2D eigenvalue weighted by Gasteiger charge is 2.44. The van der Waals surface area contributed by atoms with Crippen LogP contribution in [-0.4, -0.2) is 5.60 Å². The lowest BCUT2D eigenvalue weighted by atomic mass is 9.69. The third-order valence-corrected chi connectivity index (χ3v) is 5.03. The molecule has 2 aliphatic rings. The van der Waals surface area contributed by atoms with Crippen molar-refractivity contribution in [2.75, 3.05) is 0 Å². The van der Waals surface area contributed by atoms with E-state index in [1.54, 1.807) is 0 Å². The molecule has 1 aromatic carbocycles. The van der Waals surface area contributed by atoms with E-state index < -0.39 is 0 Å². The van der Waals surface area contributed by atoms with E-state index in [4.69, 9.17) is 10.5 Å². The van der Waals surface area contributed by atoms with E-state index in [0.717, 1.165) is 46.9 Å². The van der Waals surface area contributed by atoms with Gasteiger partial charge in [0.1, 0.15) is 11.4 Å². The Labute approximate surface area is 123 Å². The van der Waals surface area contributed by atoms with E-state index in [1.165, 1.54) is 6.42 Å². The Balaban J connectivity index is 1.95. The predicted molar refractivity (Wildman–Crippen MR) is 81.2 cm³/mol. The van der Waals surface area contributed by atoms with Crippen molar-refractivity contribution in [2.45, 2.75) is 51.2 Å². The van der Waals surface area contributed by atoms with Gasteiger partial charge in [0.25, 0.3) is 0 Å². The molecule has 1 saturated carbocycles. The van der Waals surface area contributed by atoms with Crippen molar-refractivity contribution >= 4 is 15.9 Å². The van der Waals surface area contributed by atoms with E-state index >= 15 is 0 Å². The maximum Gasteiger partial charge on any atom is 0.126 e. The lowest BCUT2D eigenvalue weighted by Gasteiger charge is -2.47. The SMILES string of the molecule is CC1CC(C)CC2(C1)C[C@@H](N)c1ccc(Br)cc1O2. The number of nitrogens with two attached hydrogens (primary N) is 1. The Hall–Kier alpha value is -0.540. The number of hydrogen-bond acceptors (Lipinski definition) is 2. The number of ether oxygens (including phenoxy) is 1. The topological polar surface area (TPSA) is 35.2 Å². The van der Waals surface area contributed by atoms with Crippen LogP contribution in [-0.2, 0) is 0 Å². The van der Waals surface area contributed by atoms with Gasteiger partial charge in [-0.3, -0.25) is 0 Å². The summed E-state index contributed by atoms with van der Waals surface area (Å²) in [7, 11) is 0. The van der Waals surface area contributed by atoms with Crippen molar-refractivity contribution in [3.05, 3.63) is 28.2 Å². The van der Waals surface area contributed by atoms with Gasteiger partial charge in [0.2, 0.25) is 0 Å². The Bertz CT molecular complexity index is 478. The first-order valence-electron chi connectivity index (χ1n) is 7.21. The van der Waals surface area contributed by atoms with Gasteiger partial charge in [0.05, 0.1) is 0 Å². The average molecular weight is 324 g/mol. The predicted octanol–water partition coefficient (Wildman–Crippen LogP) is 4.43. The normalized spacial score (nSPS) is 37.8. The minimum atomic E-state index is -0.0374. The summed E-state index contributed by atoms with van der Waals surface area (Å²) in [6.45, 7) is 4.67. The van der Waals surface area contributed by atoms with Gasteiger partial charge in [-0.2, -0.15) is 0 Å². The zero-order valence-corrected chi connectivity index (χ0v) is 13.2. The maximum absolute atomic E-state index is 6.44. The third kappa shape index (κ3) is 2.55. The lowest BCUT2D eigenvalue weighted by Crippen LogP contribution is -2.48. The molecule has 0 radical (unpaired) electrons. The standard InChI is InChI=1S/C16H22BrNO/c1-10-5-11(2)8-16(7-10)9-14(18)13-4-3-12(17)6-15(13)19-16/h3-4,6,10-11,14H,5,7-9,18H2,1-2H3/t10?,11?,14-,16?/m1/s1. The molecular weight excluding hydrogens is 302 g/mol. The quantitative estimate of drug-likeness (QED) is 0.766. The zero-order chi connectivity index (χ0) is 13.6. The van der Waals surface area contributed by atoms with Gasteiger partial charge < -0.3 is 10.5 Å². The van der Waals surface area contributed by atoms with Crippen LogP contribution < -0.4 is 10.5 Å². The monoisotopic (exact) mass is 323 g/mol. The molecule has 1 fully saturated rings. The molecule has 0 saturated heterocycles. The molecule has 0 amide bonds. The molecule has 19 heavy (non-hydrogen) atoms.